The molecule has 180 valence electrons. The van der Waals surface area contributed by atoms with E-state index in [0.29, 0.717) is 20.6 Å². The number of aromatic nitrogens is 1. The van der Waals surface area contributed by atoms with E-state index in [-0.39, 0.29) is 22.6 Å². The number of hydrogen-bond donors (Lipinski definition) is 0. The van der Waals surface area contributed by atoms with Gasteiger partial charge in [0.2, 0.25) is 0 Å². The number of methoxy groups -OCH3 is 2. The van der Waals surface area contributed by atoms with E-state index in [9.17, 15) is 14.4 Å². The SMILES string of the molecule is COC(=O)C1=C(C)N=c2s/c(=C/c3ccc(Br)cc3)c(=O)n2C1c1ccc(OC(C)=O)c(OC)c1. The van der Waals surface area contributed by atoms with Gasteiger partial charge in [-0.3, -0.25) is 14.2 Å². The normalized spacial score (nSPS) is 15.3. The number of ether oxygens (including phenoxy) is 3. The topological polar surface area (TPSA) is 96.2 Å². The van der Waals surface area contributed by atoms with Gasteiger partial charge in [0.1, 0.15) is 0 Å². The monoisotopic (exact) mass is 556 g/mol. The standard InChI is InChI=1S/C25H21BrN2O6S/c1-13-21(24(31)33-4)22(16-7-10-18(34-14(2)29)19(12-16)32-3)28-23(30)20(35-25(28)27-13)11-15-5-8-17(26)9-6-15/h5-12,22H,1-4H3/b20-11+. The summed E-state index contributed by atoms with van der Waals surface area (Å²) in [7, 11) is 2.72. The number of halogens is 1. The molecule has 10 heteroatoms. The highest BCUT2D eigenvalue weighted by atomic mass is 79.9. The fraction of sp³-hybridized carbons (Fsp3) is 0.200. The maximum atomic E-state index is 13.6. The van der Waals surface area contributed by atoms with Crippen molar-refractivity contribution in [2.24, 2.45) is 4.99 Å². The number of nitrogens with zero attached hydrogens (tertiary/aromatic N) is 2. The molecule has 2 aromatic carbocycles. The van der Waals surface area contributed by atoms with Crippen LogP contribution in [0.25, 0.3) is 6.08 Å². The summed E-state index contributed by atoms with van der Waals surface area (Å²) in [6.45, 7) is 2.99. The average molecular weight is 557 g/mol. The summed E-state index contributed by atoms with van der Waals surface area (Å²) in [6, 6.07) is 11.6. The molecule has 8 nitrogen and oxygen atoms in total. The Morgan fingerprint density at radius 1 is 1.11 bits per heavy atom. The average Bonchev–Trinajstić information content (AvgIpc) is 3.13. The van der Waals surface area contributed by atoms with E-state index in [2.05, 4.69) is 20.9 Å². The molecule has 0 saturated heterocycles. The van der Waals surface area contributed by atoms with E-state index in [1.54, 1.807) is 31.2 Å². The minimum atomic E-state index is -0.814. The first-order chi connectivity index (χ1) is 16.7. The Hall–Kier alpha value is -3.50. The third kappa shape index (κ3) is 4.85. The molecule has 0 bridgehead atoms. The van der Waals surface area contributed by atoms with Crippen molar-refractivity contribution in [3.05, 3.63) is 89.0 Å². The van der Waals surface area contributed by atoms with Gasteiger partial charge in [-0.05, 0) is 48.4 Å². The van der Waals surface area contributed by atoms with Crippen molar-refractivity contribution < 1.29 is 23.8 Å². The summed E-state index contributed by atoms with van der Waals surface area (Å²) in [5.74, 6) is -0.579. The number of hydrogen-bond acceptors (Lipinski definition) is 8. The molecule has 0 amide bonds. The molecule has 0 spiro atoms. The van der Waals surface area contributed by atoms with Crippen molar-refractivity contribution in [3.8, 4) is 11.5 Å². The molecule has 1 atom stereocenters. The second kappa shape index (κ2) is 10.0. The lowest BCUT2D eigenvalue weighted by atomic mass is 9.95. The van der Waals surface area contributed by atoms with Crippen molar-refractivity contribution in [2.75, 3.05) is 14.2 Å². The zero-order valence-corrected chi connectivity index (χ0v) is 21.7. The lowest BCUT2D eigenvalue weighted by Crippen LogP contribution is -2.39. The molecule has 2 heterocycles. The first-order valence-corrected chi connectivity index (χ1v) is 12.1. The maximum Gasteiger partial charge on any atom is 0.338 e. The Morgan fingerprint density at radius 2 is 1.83 bits per heavy atom. The van der Waals surface area contributed by atoms with Crippen LogP contribution in [0.5, 0.6) is 11.5 Å². The van der Waals surface area contributed by atoms with Gasteiger partial charge in [0.25, 0.3) is 5.56 Å². The zero-order chi connectivity index (χ0) is 25.3. The van der Waals surface area contributed by atoms with Gasteiger partial charge < -0.3 is 14.2 Å². The summed E-state index contributed by atoms with van der Waals surface area (Å²) in [4.78, 5) is 42.9. The maximum absolute atomic E-state index is 13.6. The molecular formula is C25H21BrN2O6S. The number of fused-ring (bicyclic) bond motifs is 1. The largest absolute Gasteiger partial charge is 0.493 e. The van der Waals surface area contributed by atoms with Crippen LogP contribution in [-0.4, -0.2) is 30.7 Å². The summed E-state index contributed by atoms with van der Waals surface area (Å²) in [5, 5.41) is 0. The molecule has 1 aromatic heterocycles. The van der Waals surface area contributed by atoms with Crippen molar-refractivity contribution in [2.45, 2.75) is 19.9 Å². The zero-order valence-electron chi connectivity index (χ0n) is 19.3. The molecule has 1 unspecified atom stereocenters. The summed E-state index contributed by atoms with van der Waals surface area (Å²) >= 11 is 4.65. The smallest absolute Gasteiger partial charge is 0.338 e. The summed E-state index contributed by atoms with van der Waals surface area (Å²) < 4.78 is 18.5. The highest BCUT2D eigenvalue weighted by molar-refractivity contribution is 9.10. The predicted molar refractivity (Wildman–Crippen MR) is 134 cm³/mol. The van der Waals surface area contributed by atoms with E-state index < -0.39 is 18.0 Å². The van der Waals surface area contributed by atoms with Crippen molar-refractivity contribution in [3.63, 3.8) is 0 Å². The lowest BCUT2D eigenvalue weighted by molar-refractivity contribution is -0.136. The van der Waals surface area contributed by atoms with Gasteiger partial charge in [-0.15, -0.1) is 0 Å². The molecule has 0 aliphatic carbocycles. The minimum Gasteiger partial charge on any atom is -0.493 e. The number of carbonyl (C=O) groups is 2. The van der Waals surface area contributed by atoms with Crippen LogP contribution in [0.3, 0.4) is 0 Å². The van der Waals surface area contributed by atoms with Crippen LogP contribution in [0.1, 0.15) is 31.0 Å². The summed E-state index contributed by atoms with van der Waals surface area (Å²) in [6.07, 6.45) is 1.79. The fourth-order valence-electron chi connectivity index (χ4n) is 3.81. The first-order valence-electron chi connectivity index (χ1n) is 10.5. The van der Waals surface area contributed by atoms with E-state index in [4.69, 9.17) is 14.2 Å². The van der Waals surface area contributed by atoms with Crippen molar-refractivity contribution in [1.82, 2.24) is 4.57 Å². The minimum absolute atomic E-state index is 0.228. The third-order valence-corrected chi connectivity index (χ3v) is 6.86. The molecular weight excluding hydrogens is 536 g/mol. The highest BCUT2D eigenvalue weighted by Crippen LogP contribution is 2.36. The van der Waals surface area contributed by atoms with Gasteiger partial charge in [0, 0.05) is 11.4 Å². The second-order valence-corrected chi connectivity index (χ2v) is 9.55. The van der Waals surface area contributed by atoms with E-state index in [1.807, 2.05) is 24.3 Å². The van der Waals surface area contributed by atoms with E-state index >= 15 is 0 Å². The highest BCUT2D eigenvalue weighted by Gasteiger charge is 2.33. The van der Waals surface area contributed by atoms with Crippen LogP contribution in [-0.2, 0) is 14.3 Å². The van der Waals surface area contributed by atoms with Crippen LogP contribution in [0, 0.1) is 0 Å². The Balaban J connectivity index is 1.95. The summed E-state index contributed by atoms with van der Waals surface area (Å²) in [5.41, 5.74) is 1.81. The first kappa shape index (κ1) is 24.6. The molecule has 0 N–H and O–H groups in total. The number of benzene rings is 2. The van der Waals surface area contributed by atoms with Crippen LogP contribution < -0.4 is 24.4 Å². The van der Waals surface area contributed by atoms with Crippen molar-refractivity contribution >= 4 is 45.3 Å². The van der Waals surface area contributed by atoms with Crippen LogP contribution in [0.2, 0.25) is 0 Å². The Labute approximate surface area is 212 Å². The third-order valence-electron chi connectivity index (χ3n) is 5.35. The molecule has 0 saturated carbocycles. The molecule has 3 aromatic rings. The van der Waals surface area contributed by atoms with E-state index in [1.165, 1.54) is 37.0 Å². The van der Waals surface area contributed by atoms with Gasteiger partial charge >= 0.3 is 11.9 Å². The second-order valence-electron chi connectivity index (χ2n) is 7.63. The van der Waals surface area contributed by atoms with Gasteiger partial charge in [-0.1, -0.05) is 45.5 Å². The quantitative estimate of drug-likeness (QED) is 0.354. The number of rotatable bonds is 5. The molecule has 35 heavy (non-hydrogen) atoms. The van der Waals surface area contributed by atoms with E-state index in [0.717, 1.165) is 10.0 Å². The Morgan fingerprint density at radius 3 is 2.46 bits per heavy atom. The molecule has 0 fully saturated rings. The molecule has 1 aliphatic heterocycles. The molecule has 0 radical (unpaired) electrons. The number of allylic oxidation sites excluding steroid dienone is 1. The Kier molecular flexibility index (Phi) is 7.04. The lowest BCUT2D eigenvalue weighted by Gasteiger charge is -2.25. The molecule has 1 aliphatic rings. The van der Waals surface area contributed by atoms with Gasteiger partial charge in [0.05, 0.1) is 36.1 Å². The van der Waals surface area contributed by atoms with Crippen LogP contribution in [0.4, 0.5) is 0 Å². The van der Waals surface area contributed by atoms with Gasteiger partial charge in [-0.25, -0.2) is 9.79 Å². The van der Waals surface area contributed by atoms with Crippen LogP contribution >= 0.6 is 27.3 Å². The number of carbonyl (C=O) groups excluding carboxylic acids is 2. The molecule has 4 rings (SSSR count). The Bertz CT molecular complexity index is 1540. The number of esters is 2. The van der Waals surface area contributed by atoms with Crippen molar-refractivity contribution in [1.29, 1.82) is 0 Å². The predicted octanol–water partition coefficient (Wildman–Crippen LogP) is 3.10. The number of thiazole rings is 1. The fourth-order valence-corrected chi connectivity index (χ4v) is 5.12. The van der Waals surface area contributed by atoms with Gasteiger partial charge in [-0.2, -0.15) is 0 Å². The van der Waals surface area contributed by atoms with Gasteiger partial charge in [0.15, 0.2) is 16.3 Å². The van der Waals surface area contributed by atoms with Crippen LogP contribution in [0.15, 0.2) is 68.0 Å².